The molecule has 0 spiro atoms. The molecular weight excluding hydrogens is 388 g/mol. The summed E-state index contributed by atoms with van der Waals surface area (Å²) in [5.74, 6) is 1.40. The normalized spacial score (nSPS) is 56.2. The third-order valence-electron chi connectivity index (χ3n) is 14.0. The first-order valence-electron chi connectivity index (χ1n) is 14.0. The molecule has 0 heterocycles. The summed E-state index contributed by atoms with van der Waals surface area (Å²) in [7, 11) is 0. The Morgan fingerprint density at radius 1 is 0.750 bits per heavy atom. The molecule has 182 valence electrons. The second kappa shape index (κ2) is 6.47. The van der Waals surface area contributed by atoms with E-state index in [1.165, 1.54) is 57.8 Å². The van der Waals surface area contributed by atoms with Crippen LogP contribution in [-0.2, 0) is 0 Å². The van der Waals surface area contributed by atoms with Crippen molar-refractivity contribution >= 4 is 0 Å². The Labute approximate surface area is 199 Å². The SMILES string of the molecule is CC1(C)CC[C@]2(C)CC[C@]3(C)C(=CC[C@@]4(C)[C@@]3(C)CC[C@H]3C(C)(C)[C@@H](O)CC[C@@]34C)[C@H]2C1. The number of aliphatic hydroxyl groups is 1. The zero-order chi connectivity index (χ0) is 23.6. The summed E-state index contributed by atoms with van der Waals surface area (Å²) in [5.41, 5.74) is 4.18. The van der Waals surface area contributed by atoms with Gasteiger partial charge in [-0.25, -0.2) is 0 Å². The average molecular weight is 441 g/mol. The molecule has 0 bridgehead atoms. The van der Waals surface area contributed by atoms with Gasteiger partial charge in [0, 0.05) is 0 Å². The highest BCUT2D eigenvalue weighted by Gasteiger charge is 2.72. The minimum Gasteiger partial charge on any atom is -0.393 e. The zero-order valence-electron chi connectivity index (χ0n) is 22.8. The molecule has 1 N–H and O–H groups in total. The maximum atomic E-state index is 11.0. The van der Waals surface area contributed by atoms with E-state index < -0.39 is 0 Å². The molecule has 0 radical (unpaired) electrons. The first-order chi connectivity index (χ1) is 14.6. The minimum atomic E-state index is -0.140. The van der Waals surface area contributed by atoms with E-state index in [4.69, 9.17) is 0 Å². The van der Waals surface area contributed by atoms with Gasteiger partial charge in [0.25, 0.3) is 0 Å². The summed E-state index contributed by atoms with van der Waals surface area (Å²) in [5, 5.41) is 11.0. The molecule has 0 amide bonds. The molecule has 8 atom stereocenters. The molecule has 5 aliphatic rings. The first-order valence-corrected chi connectivity index (χ1v) is 14.0. The molecule has 0 aromatic rings. The monoisotopic (exact) mass is 440 g/mol. The molecule has 4 fully saturated rings. The number of fused-ring (bicyclic) bond motifs is 7. The van der Waals surface area contributed by atoms with Gasteiger partial charge in [0.1, 0.15) is 0 Å². The molecule has 5 aliphatic carbocycles. The lowest BCUT2D eigenvalue weighted by Gasteiger charge is -2.75. The number of allylic oxidation sites excluding steroid dienone is 2. The van der Waals surface area contributed by atoms with Crippen molar-refractivity contribution in [2.75, 3.05) is 0 Å². The number of hydrogen-bond donors (Lipinski definition) is 1. The lowest BCUT2D eigenvalue weighted by atomic mass is 9.29. The van der Waals surface area contributed by atoms with Crippen molar-refractivity contribution < 1.29 is 5.11 Å². The Morgan fingerprint density at radius 2 is 1.41 bits per heavy atom. The molecule has 1 heteroatoms. The van der Waals surface area contributed by atoms with Crippen LogP contribution in [0.25, 0.3) is 0 Å². The van der Waals surface area contributed by atoms with E-state index in [0.29, 0.717) is 38.4 Å². The number of rotatable bonds is 0. The number of hydrogen-bond acceptors (Lipinski definition) is 1. The topological polar surface area (TPSA) is 20.2 Å². The van der Waals surface area contributed by atoms with E-state index in [1.54, 1.807) is 0 Å². The summed E-state index contributed by atoms with van der Waals surface area (Å²) < 4.78 is 0. The maximum Gasteiger partial charge on any atom is 0.0594 e. The molecule has 0 aromatic carbocycles. The van der Waals surface area contributed by atoms with Crippen LogP contribution in [0.2, 0.25) is 0 Å². The van der Waals surface area contributed by atoms with Gasteiger partial charge in [-0.3, -0.25) is 0 Å². The molecule has 4 saturated carbocycles. The predicted octanol–water partition coefficient (Wildman–Crippen LogP) is 8.56. The Balaban J connectivity index is 1.62. The third kappa shape index (κ3) is 2.56. The van der Waals surface area contributed by atoms with Crippen LogP contribution >= 0.6 is 0 Å². The highest BCUT2D eigenvalue weighted by molar-refractivity contribution is 5.35. The lowest BCUT2D eigenvalue weighted by molar-refractivity contribution is -0.249. The molecular formula is C31H52O. The Kier molecular flexibility index (Phi) is 4.74. The van der Waals surface area contributed by atoms with Gasteiger partial charge >= 0.3 is 0 Å². The second-order valence-electron chi connectivity index (χ2n) is 15.8. The molecule has 32 heavy (non-hydrogen) atoms. The predicted molar refractivity (Wildman–Crippen MR) is 135 cm³/mol. The maximum absolute atomic E-state index is 11.0. The second-order valence-corrected chi connectivity index (χ2v) is 15.8. The summed E-state index contributed by atoms with van der Waals surface area (Å²) in [6.45, 7) is 23.2. The van der Waals surface area contributed by atoms with Crippen LogP contribution in [0.15, 0.2) is 11.6 Å². The lowest BCUT2D eigenvalue weighted by Crippen LogP contribution is -2.69. The van der Waals surface area contributed by atoms with Crippen molar-refractivity contribution in [2.45, 2.75) is 133 Å². The van der Waals surface area contributed by atoms with E-state index in [1.807, 2.05) is 5.57 Å². The Morgan fingerprint density at radius 3 is 2.09 bits per heavy atom. The molecule has 5 rings (SSSR count). The van der Waals surface area contributed by atoms with Crippen LogP contribution in [0.3, 0.4) is 0 Å². The molecule has 1 nitrogen and oxygen atoms in total. The van der Waals surface area contributed by atoms with E-state index in [-0.39, 0.29) is 11.5 Å². The first kappa shape index (κ1) is 23.4. The number of aliphatic hydroxyl groups excluding tert-OH is 1. The molecule has 0 saturated heterocycles. The van der Waals surface area contributed by atoms with Gasteiger partial charge in [-0.1, -0.05) is 74.0 Å². The summed E-state index contributed by atoms with van der Waals surface area (Å²) in [6, 6.07) is 0. The summed E-state index contributed by atoms with van der Waals surface area (Å²) >= 11 is 0. The van der Waals surface area contributed by atoms with Crippen LogP contribution in [0.5, 0.6) is 0 Å². The van der Waals surface area contributed by atoms with E-state index in [0.717, 1.165) is 12.3 Å². The van der Waals surface area contributed by atoms with Crippen molar-refractivity contribution in [1.29, 1.82) is 0 Å². The average Bonchev–Trinajstić information content (AvgIpc) is 2.69. The summed E-state index contributed by atoms with van der Waals surface area (Å²) in [6.07, 6.45) is 15.7. The van der Waals surface area contributed by atoms with E-state index >= 15 is 0 Å². The fourth-order valence-corrected chi connectivity index (χ4v) is 10.9. The fourth-order valence-electron chi connectivity index (χ4n) is 10.9. The van der Waals surface area contributed by atoms with Gasteiger partial charge in [-0.2, -0.15) is 0 Å². The van der Waals surface area contributed by atoms with Crippen LogP contribution in [0, 0.1) is 49.7 Å². The van der Waals surface area contributed by atoms with E-state index in [2.05, 4.69) is 68.4 Å². The molecule has 0 aliphatic heterocycles. The third-order valence-corrected chi connectivity index (χ3v) is 14.0. The fraction of sp³-hybridized carbons (Fsp3) is 0.935. The van der Waals surface area contributed by atoms with Gasteiger partial charge in [-0.05, 0) is 114 Å². The van der Waals surface area contributed by atoms with Crippen molar-refractivity contribution in [3.63, 3.8) is 0 Å². The van der Waals surface area contributed by atoms with Gasteiger partial charge in [0.05, 0.1) is 6.10 Å². The highest BCUT2D eigenvalue weighted by Crippen LogP contribution is 2.79. The van der Waals surface area contributed by atoms with Crippen molar-refractivity contribution in [2.24, 2.45) is 49.7 Å². The highest BCUT2D eigenvalue weighted by atomic mass is 16.3. The van der Waals surface area contributed by atoms with Gasteiger partial charge in [-0.15, -0.1) is 0 Å². The largest absolute Gasteiger partial charge is 0.393 e. The van der Waals surface area contributed by atoms with E-state index in [9.17, 15) is 5.11 Å². The van der Waals surface area contributed by atoms with Crippen molar-refractivity contribution in [3.05, 3.63) is 11.6 Å². The van der Waals surface area contributed by atoms with Crippen LogP contribution in [-0.4, -0.2) is 11.2 Å². The smallest absolute Gasteiger partial charge is 0.0594 e. The van der Waals surface area contributed by atoms with Crippen LogP contribution < -0.4 is 0 Å². The Bertz CT molecular complexity index is 835. The molecule has 0 aromatic heterocycles. The van der Waals surface area contributed by atoms with Gasteiger partial charge in [0.2, 0.25) is 0 Å². The van der Waals surface area contributed by atoms with Crippen molar-refractivity contribution in [3.8, 4) is 0 Å². The standard InChI is InChI=1S/C31H52O/c1-25(2)16-17-27(5)18-19-28(6)21(22(27)20-25)10-14-31(9)29(7)13-12-24(32)26(3,4)23(29)11-15-30(28,31)8/h10,22-24,32H,11-20H2,1-9H3/t22-,23+,24+,27-,28-,29+,30+,31-/m1/s1. The van der Waals surface area contributed by atoms with Crippen LogP contribution in [0.1, 0.15) is 127 Å². The van der Waals surface area contributed by atoms with Crippen LogP contribution in [0.4, 0.5) is 0 Å². The van der Waals surface area contributed by atoms with Gasteiger partial charge < -0.3 is 5.11 Å². The Hall–Kier alpha value is -0.300. The molecule has 0 unspecified atom stereocenters. The van der Waals surface area contributed by atoms with Gasteiger partial charge in [0.15, 0.2) is 0 Å². The summed E-state index contributed by atoms with van der Waals surface area (Å²) in [4.78, 5) is 0. The van der Waals surface area contributed by atoms with Crippen molar-refractivity contribution in [1.82, 2.24) is 0 Å². The minimum absolute atomic E-state index is 0.0285. The zero-order valence-corrected chi connectivity index (χ0v) is 22.8. The quantitative estimate of drug-likeness (QED) is 0.374.